The molecule has 0 aliphatic carbocycles. The van der Waals surface area contributed by atoms with Crippen molar-refractivity contribution < 1.29 is 0 Å². The minimum Gasteiger partial charge on any atom is -0.323 e. The zero-order valence-electron chi connectivity index (χ0n) is 12.5. The van der Waals surface area contributed by atoms with Crippen molar-refractivity contribution in [3.63, 3.8) is 0 Å². The summed E-state index contributed by atoms with van der Waals surface area (Å²) in [7, 11) is 0. The Morgan fingerprint density at radius 1 is 1.05 bits per heavy atom. The third kappa shape index (κ3) is 2.45. The Morgan fingerprint density at radius 2 is 1.71 bits per heavy atom. The van der Waals surface area contributed by atoms with Crippen molar-refractivity contribution in [2.24, 2.45) is 5.73 Å². The number of benzene rings is 2. The quantitative estimate of drug-likeness (QED) is 0.784. The fourth-order valence-corrected chi connectivity index (χ4v) is 3.08. The largest absolute Gasteiger partial charge is 0.323 e. The number of hydrogen-bond acceptors (Lipinski definition) is 2. The Morgan fingerprint density at radius 3 is 2.43 bits per heavy atom. The lowest BCUT2D eigenvalue weighted by Crippen LogP contribution is -2.25. The van der Waals surface area contributed by atoms with Gasteiger partial charge in [0.1, 0.15) is 5.82 Å². The highest BCUT2D eigenvalue weighted by molar-refractivity contribution is 5.76. The summed E-state index contributed by atoms with van der Waals surface area (Å²) in [5.41, 5.74) is 9.92. The first-order valence-corrected chi connectivity index (χ1v) is 7.46. The van der Waals surface area contributed by atoms with E-state index >= 15 is 0 Å². The van der Waals surface area contributed by atoms with E-state index in [0.29, 0.717) is 0 Å². The van der Waals surface area contributed by atoms with E-state index in [9.17, 15) is 0 Å². The summed E-state index contributed by atoms with van der Waals surface area (Å²) >= 11 is 0. The van der Waals surface area contributed by atoms with E-state index in [1.807, 2.05) is 24.3 Å². The topological polar surface area (TPSA) is 43.8 Å². The molecule has 0 aliphatic rings. The van der Waals surface area contributed by atoms with Gasteiger partial charge in [-0.1, -0.05) is 49.4 Å². The van der Waals surface area contributed by atoms with Gasteiger partial charge in [0, 0.05) is 0 Å². The summed E-state index contributed by atoms with van der Waals surface area (Å²) in [6, 6.07) is 18.7. The van der Waals surface area contributed by atoms with Crippen molar-refractivity contribution in [1.29, 1.82) is 0 Å². The maximum Gasteiger partial charge on any atom is 0.107 e. The van der Waals surface area contributed by atoms with Gasteiger partial charge in [-0.2, -0.15) is 0 Å². The lowest BCUT2D eigenvalue weighted by atomic mass is 9.97. The number of rotatable bonds is 4. The molecule has 3 aromatic rings. The van der Waals surface area contributed by atoms with Crippen LogP contribution in [-0.2, 0) is 0 Å². The Labute approximate surface area is 125 Å². The van der Waals surface area contributed by atoms with Crippen LogP contribution >= 0.6 is 0 Å². The summed E-state index contributed by atoms with van der Waals surface area (Å²) in [6.45, 7) is 4.24. The average molecular weight is 279 g/mol. The summed E-state index contributed by atoms with van der Waals surface area (Å²) in [4.78, 5) is 4.67. The Bertz CT molecular complexity index is 731. The van der Waals surface area contributed by atoms with Gasteiger partial charge >= 0.3 is 0 Å². The van der Waals surface area contributed by atoms with E-state index < -0.39 is 0 Å². The number of fused-ring (bicyclic) bond motifs is 1. The van der Waals surface area contributed by atoms with Gasteiger partial charge in [-0.25, -0.2) is 4.98 Å². The number of para-hydroxylation sites is 2. The molecule has 0 saturated heterocycles. The van der Waals surface area contributed by atoms with Crippen LogP contribution in [0.1, 0.15) is 36.8 Å². The van der Waals surface area contributed by atoms with Gasteiger partial charge < -0.3 is 10.3 Å². The van der Waals surface area contributed by atoms with Crippen molar-refractivity contribution in [3.05, 3.63) is 66.0 Å². The Hall–Kier alpha value is -2.13. The fraction of sp³-hybridized carbons (Fsp3) is 0.278. The molecule has 0 saturated carbocycles. The third-order valence-corrected chi connectivity index (χ3v) is 4.12. The van der Waals surface area contributed by atoms with Crippen LogP contribution in [-0.4, -0.2) is 9.55 Å². The molecule has 3 rings (SSSR count). The predicted molar refractivity (Wildman–Crippen MR) is 87.2 cm³/mol. The second-order valence-corrected chi connectivity index (χ2v) is 5.43. The van der Waals surface area contributed by atoms with E-state index in [0.717, 1.165) is 23.3 Å². The zero-order chi connectivity index (χ0) is 14.8. The molecule has 1 aromatic heterocycles. The van der Waals surface area contributed by atoms with Gasteiger partial charge in [0.05, 0.1) is 23.1 Å². The van der Waals surface area contributed by atoms with E-state index in [1.165, 1.54) is 5.56 Å². The van der Waals surface area contributed by atoms with Crippen LogP contribution in [0, 0.1) is 6.92 Å². The molecule has 0 amide bonds. The van der Waals surface area contributed by atoms with Crippen molar-refractivity contribution >= 4 is 11.0 Å². The van der Waals surface area contributed by atoms with Gasteiger partial charge in [-0.15, -0.1) is 0 Å². The van der Waals surface area contributed by atoms with Crippen LogP contribution in [0.5, 0.6) is 0 Å². The number of nitrogens with two attached hydrogens (primary N) is 1. The van der Waals surface area contributed by atoms with E-state index in [1.54, 1.807) is 0 Å². The van der Waals surface area contributed by atoms with Crippen LogP contribution in [0.25, 0.3) is 11.0 Å². The molecule has 2 unspecified atom stereocenters. The first-order valence-electron chi connectivity index (χ1n) is 7.46. The van der Waals surface area contributed by atoms with Crippen LogP contribution in [0.4, 0.5) is 0 Å². The molecular weight excluding hydrogens is 258 g/mol. The highest BCUT2D eigenvalue weighted by Crippen LogP contribution is 2.31. The summed E-state index contributed by atoms with van der Waals surface area (Å²) in [6.07, 6.45) is 0.969. The molecule has 2 atom stereocenters. The number of imidazole rings is 1. The van der Waals surface area contributed by atoms with Crippen LogP contribution in [0.15, 0.2) is 54.6 Å². The molecule has 0 bridgehead atoms. The maximum atomic E-state index is 6.55. The lowest BCUT2D eigenvalue weighted by Gasteiger charge is -2.26. The van der Waals surface area contributed by atoms with Gasteiger partial charge in [-0.05, 0) is 31.0 Å². The van der Waals surface area contributed by atoms with Crippen molar-refractivity contribution in [2.45, 2.75) is 32.4 Å². The lowest BCUT2D eigenvalue weighted by molar-refractivity contribution is 0.408. The van der Waals surface area contributed by atoms with Gasteiger partial charge in [0.2, 0.25) is 0 Å². The minimum atomic E-state index is -0.0347. The van der Waals surface area contributed by atoms with E-state index in [2.05, 4.69) is 53.7 Å². The molecule has 0 radical (unpaired) electrons. The molecular formula is C18H21N3. The normalized spacial score (nSPS) is 14.2. The molecule has 1 heterocycles. The van der Waals surface area contributed by atoms with Crippen molar-refractivity contribution in [1.82, 2.24) is 9.55 Å². The number of hydrogen-bond donors (Lipinski definition) is 1. The van der Waals surface area contributed by atoms with Gasteiger partial charge in [-0.3, -0.25) is 0 Å². The first-order chi connectivity index (χ1) is 10.2. The van der Waals surface area contributed by atoms with Gasteiger partial charge in [0.25, 0.3) is 0 Å². The molecule has 0 fully saturated rings. The standard InChI is InChI=1S/C18H21N3/c1-3-16(18(19)14-9-5-4-6-10-14)21-13(2)20-15-11-7-8-12-17(15)21/h4-12,16,18H,3,19H2,1-2H3. The number of aryl methyl sites for hydroxylation is 1. The minimum absolute atomic E-state index is 0.0347. The second kappa shape index (κ2) is 5.70. The molecule has 21 heavy (non-hydrogen) atoms. The monoisotopic (exact) mass is 279 g/mol. The molecule has 2 aromatic carbocycles. The fourth-order valence-electron chi connectivity index (χ4n) is 3.08. The van der Waals surface area contributed by atoms with Crippen LogP contribution < -0.4 is 5.73 Å². The Balaban J connectivity index is 2.08. The first kappa shape index (κ1) is 13.8. The smallest absolute Gasteiger partial charge is 0.107 e. The summed E-state index contributed by atoms with van der Waals surface area (Å²) in [5, 5.41) is 0. The second-order valence-electron chi connectivity index (χ2n) is 5.43. The third-order valence-electron chi connectivity index (χ3n) is 4.12. The summed E-state index contributed by atoms with van der Waals surface area (Å²) < 4.78 is 2.28. The average Bonchev–Trinajstić information content (AvgIpc) is 2.85. The zero-order valence-corrected chi connectivity index (χ0v) is 12.5. The van der Waals surface area contributed by atoms with Crippen molar-refractivity contribution in [3.8, 4) is 0 Å². The predicted octanol–water partition coefficient (Wildman–Crippen LogP) is 4.00. The summed E-state index contributed by atoms with van der Waals surface area (Å²) in [5.74, 6) is 1.02. The molecule has 0 aliphatic heterocycles. The molecule has 3 heteroatoms. The van der Waals surface area contributed by atoms with Gasteiger partial charge in [0.15, 0.2) is 0 Å². The SMILES string of the molecule is CCC(C(N)c1ccccc1)n1c(C)nc2ccccc21. The van der Waals surface area contributed by atoms with Crippen molar-refractivity contribution in [2.75, 3.05) is 0 Å². The highest BCUT2D eigenvalue weighted by Gasteiger charge is 2.22. The van der Waals surface area contributed by atoms with E-state index in [-0.39, 0.29) is 12.1 Å². The molecule has 0 spiro atoms. The highest BCUT2D eigenvalue weighted by atomic mass is 15.1. The van der Waals surface area contributed by atoms with Crippen LogP contribution in [0.2, 0.25) is 0 Å². The number of nitrogens with zero attached hydrogens (tertiary/aromatic N) is 2. The molecule has 108 valence electrons. The van der Waals surface area contributed by atoms with E-state index in [4.69, 9.17) is 5.73 Å². The molecule has 2 N–H and O–H groups in total. The number of aromatic nitrogens is 2. The van der Waals surface area contributed by atoms with Crippen LogP contribution in [0.3, 0.4) is 0 Å². The maximum absolute atomic E-state index is 6.55. The Kier molecular flexibility index (Phi) is 3.76. The molecule has 3 nitrogen and oxygen atoms in total.